The van der Waals surface area contributed by atoms with Crippen LogP contribution in [0.2, 0.25) is 0 Å². The summed E-state index contributed by atoms with van der Waals surface area (Å²) >= 11 is 0. The number of methoxy groups -OCH3 is 1. The van der Waals surface area contributed by atoms with Crippen molar-refractivity contribution in [1.82, 2.24) is 19.7 Å². The number of hydrogen-bond acceptors (Lipinski definition) is 6. The van der Waals surface area contributed by atoms with Crippen LogP contribution in [0.15, 0.2) is 46.1 Å². The standard InChI is InChI=1S/C17H14FN5O4S/c1-27-10-3-5-12-14(6-10)21-22-16-15(12)23(17(24)20-16)8-9-2-4-11(7-13(9)18)28(19,25)26/h2-7H,8H2,1H3,(H2,19,25,26)(H,20,22,24). The zero-order valence-electron chi connectivity index (χ0n) is 14.5. The Balaban J connectivity index is 1.88. The maximum atomic E-state index is 14.4. The predicted molar refractivity (Wildman–Crippen MR) is 99.1 cm³/mol. The van der Waals surface area contributed by atoms with Gasteiger partial charge in [0.05, 0.1) is 24.1 Å². The van der Waals surface area contributed by atoms with Crippen molar-refractivity contribution in [2.45, 2.75) is 11.4 Å². The molecule has 0 saturated heterocycles. The third-order valence-electron chi connectivity index (χ3n) is 4.36. The Morgan fingerprint density at radius 2 is 2.00 bits per heavy atom. The summed E-state index contributed by atoms with van der Waals surface area (Å²) in [4.78, 5) is 14.7. The number of aromatic nitrogens is 4. The molecule has 0 aliphatic rings. The van der Waals surface area contributed by atoms with Crippen LogP contribution in [0.1, 0.15) is 5.56 Å². The minimum absolute atomic E-state index is 0.119. The predicted octanol–water partition coefficient (Wildman–Crippen LogP) is 1.12. The molecule has 0 atom stereocenters. The van der Waals surface area contributed by atoms with Crippen molar-refractivity contribution in [3.8, 4) is 5.75 Å². The van der Waals surface area contributed by atoms with Gasteiger partial charge in [0.2, 0.25) is 10.0 Å². The van der Waals surface area contributed by atoms with Gasteiger partial charge < -0.3 is 4.74 Å². The number of nitrogens with zero attached hydrogens (tertiary/aromatic N) is 3. The lowest BCUT2D eigenvalue weighted by atomic mass is 10.2. The molecule has 0 fully saturated rings. The summed E-state index contributed by atoms with van der Waals surface area (Å²) in [5.41, 5.74) is 0.831. The van der Waals surface area contributed by atoms with Crippen molar-refractivity contribution in [1.29, 1.82) is 0 Å². The first-order valence-corrected chi connectivity index (χ1v) is 9.57. The fourth-order valence-corrected chi connectivity index (χ4v) is 3.51. The lowest BCUT2D eigenvalue weighted by Gasteiger charge is -2.08. The number of primary sulfonamides is 1. The highest BCUT2D eigenvalue weighted by atomic mass is 32.2. The van der Waals surface area contributed by atoms with Gasteiger partial charge in [-0.1, -0.05) is 6.07 Å². The average molecular weight is 403 g/mol. The molecule has 0 unspecified atom stereocenters. The topological polar surface area (TPSA) is 133 Å². The largest absolute Gasteiger partial charge is 0.497 e. The summed E-state index contributed by atoms with van der Waals surface area (Å²) in [5, 5.41) is 13.7. The van der Waals surface area contributed by atoms with Crippen molar-refractivity contribution in [2.75, 3.05) is 7.11 Å². The summed E-state index contributed by atoms with van der Waals surface area (Å²) in [6.45, 7) is -0.137. The van der Waals surface area contributed by atoms with Crippen molar-refractivity contribution >= 4 is 32.1 Å². The van der Waals surface area contributed by atoms with E-state index in [0.29, 0.717) is 22.2 Å². The van der Waals surface area contributed by atoms with E-state index in [1.165, 1.54) is 23.8 Å². The van der Waals surface area contributed by atoms with E-state index in [1.807, 2.05) is 0 Å². The quantitative estimate of drug-likeness (QED) is 0.525. The molecule has 0 aliphatic heterocycles. The molecule has 3 N–H and O–H groups in total. The highest BCUT2D eigenvalue weighted by Gasteiger charge is 2.17. The van der Waals surface area contributed by atoms with E-state index in [4.69, 9.17) is 9.88 Å². The maximum absolute atomic E-state index is 14.4. The zero-order valence-corrected chi connectivity index (χ0v) is 15.3. The molecule has 2 aromatic carbocycles. The molecule has 0 aliphatic carbocycles. The minimum Gasteiger partial charge on any atom is -0.497 e. The number of sulfonamides is 1. The molecule has 28 heavy (non-hydrogen) atoms. The second kappa shape index (κ2) is 6.39. The van der Waals surface area contributed by atoms with Crippen LogP contribution in [0.5, 0.6) is 5.75 Å². The van der Waals surface area contributed by atoms with Crippen LogP contribution in [-0.2, 0) is 16.6 Å². The Bertz CT molecular complexity index is 1390. The number of nitrogens with one attached hydrogen (secondary N) is 1. The van der Waals surface area contributed by atoms with Crippen molar-refractivity contribution in [3.63, 3.8) is 0 Å². The Morgan fingerprint density at radius 3 is 2.68 bits per heavy atom. The first-order chi connectivity index (χ1) is 13.3. The summed E-state index contributed by atoms with van der Waals surface area (Å²) in [6, 6.07) is 8.41. The maximum Gasteiger partial charge on any atom is 0.328 e. The molecule has 11 heteroatoms. The van der Waals surface area contributed by atoms with E-state index in [-0.39, 0.29) is 22.7 Å². The smallest absolute Gasteiger partial charge is 0.328 e. The molecule has 9 nitrogen and oxygen atoms in total. The first-order valence-electron chi connectivity index (χ1n) is 8.02. The highest BCUT2D eigenvalue weighted by molar-refractivity contribution is 7.89. The third-order valence-corrected chi connectivity index (χ3v) is 5.27. The lowest BCUT2D eigenvalue weighted by molar-refractivity contribution is 0.415. The van der Waals surface area contributed by atoms with Gasteiger partial charge in [-0.15, -0.1) is 10.2 Å². The Hall–Kier alpha value is -3.31. The van der Waals surface area contributed by atoms with Gasteiger partial charge in [-0.2, -0.15) is 0 Å². The second-order valence-electron chi connectivity index (χ2n) is 6.09. The molecule has 2 heterocycles. The van der Waals surface area contributed by atoms with E-state index >= 15 is 0 Å². The Labute approximate surface area is 157 Å². The molecule has 0 spiro atoms. The van der Waals surface area contributed by atoms with Crippen molar-refractivity contribution in [3.05, 3.63) is 58.3 Å². The van der Waals surface area contributed by atoms with Crippen LogP contribution in [-0.4, -0.2) is 35.3 Å². The Morgan fingerprint density at radius 1 is 1.21 bits per heavy atom. The number of H-pyrrole nitrogens is 1. The van der Waals surface area contributed by atoms with E-state index in [9.17, 15) is 17.6 Å². The molecular formula is C17H14FN5O4S. The average Bonchev–Trinajstić information content (AvgIpc) is 2.97. The number of imidazole rings is 1. The fraction of sp³-hybridized carbons (Fsp3) is 0.118. The van der Waals surface area contributed by atoms with Gasteiger partial charge in [0.1, 0.15) is 17.1 Å². The normalized spacial score (nSPS) is 12.0. The minimum atomic E-state index is -4.03. The number of benzene rings is 2. The van der Waals surface area contributed by atoms with Gasteiger partial charge in [0.15, 0.2) is 5.65 Å². The van der Waals surface area contributed by atoms with Crippen LogP contribution in [0.4, 0.5) is 4.39 Å². The molecule has 144 valence electrons. The van der Waals surface area contributed by atoms with Crippen LogP contribution >= 0.6 is 0 Å². The van der Waals surface area contributed by atoms with Gasteiger partial charge in [0, 0.05) is 17.0 Å². The zero-order chi connectivity index (χ0) is 20.1. The van der Waals surface area contributed by atoms with E-state index in [2.05, 4.69) is 15.2 Å². The van der Waals surface area contributed by atoms with E-state index in [0.717, 1.165) is 6.07 Å². The number of hydrogen-bond donors (Lipinski definition) is 2. The summed E-state index contributed by atoms with van der Waals surface area (Å²) in [6.07, 6.45) is 0. The number of ether oxygens (including phenoxy) is 1. The molecule has 0 radical (unpaired) electrons. The monoisotopic (exact) mass is 403 g/mol. The summed E-state index contributed by atoms with van der Waals surface area (Å²) in [5.74, 6) is -0.212. The van der Waals surface area contributed by atoms with Gasteiger partial charge in [-0.25, -0.2) is 22.7 Å². The number of aromatic amines is 1. The number of halogens is 1. The summed E-state index contributed by atoms with van der Waals surface area (Å²) in [7, 11) is -2.51. The van der Waals surface area contributed by atoms with Gasteiger partial charge in [-0.3, -0.25) is 9.55 Å². The van der Waals surface area contributed by atoms with Crippen LogP contribution < -0.4 is 15.6 Å². The summed E-state index contributed by atoms with van der Waals surface area (Å²) < 4.78 is 43.6. The van der Waals surface area contributed by atoms with Crippen molar-refractivity contribution < 1.29 is 17.5 Å². The molecular weight excluding hydrogens is 389 g/mol. The van der Waals surface area contributed by atoms with Crippen LogP contribution in [0.3, 0.4) is 0 Å². The molecule has 4 rings (SSSR count). The number of rotatable bonds is 4. The molecule has 0 bridgehead atoms. The Kier molecular flexibility index (Phi) is 4.12. The van der Waals surface area contributed by atoms with Crippen LogP contribution in [0, 0.1) is 5.82 Å². The van der Waals surface area contributed by atoms with E-state index in [1.54, 1.807) is 18.2 Å². The van der Waals surface area contributed by atoms with E-state index < -0.39 is 21.5 Å². The highest BCUT2D eigenvalue weighted by Crippen LogP contribution is 2.25. The molecule has 0 amide bonds. The van der Waals surface area contributed by atoms with Gasteiger partial charge >= 0.3 is 5.69 Å². The third kappa shape index (κ3) is 3.00. The van der Waals surface area contributed by atoms with Crippen LogP contribution in [0.25, 0.3) is 22.1 Å². The van der Waals surface area contributed by atoms with Gasteiger partial charge in [0.25, 0.3) is 0 Å². The fourth-order valence-electron chi connectivity index (χ4n) is 2.98. The molecule has 4 aromatic rings. The number of fused-ring (bicyclic) bond motifs is 3. The van der Waals surface area contributed by atoms with Gasteiger partial charge in [-0.05, 0) is 24.3 Å². The number of nitrogens with two attached hydrogens (primary N) is 1. The van der Waals surface area contributed by atoms with Crippen molar-refractivity contribution in [2.24, 2.45) is 5.14 Å². The molecule has 0 saturated carbocycles. The first kappa shape index (κ1) is 18.1. The second-order valence-corrected chi connectivity index (χ2v) is 7.66. The molecule has 2 aromatic heterocycles. The lowest BCUT2D eigenvalue weighted by Crippen LogP contribution is -2.18. The SMILES string of the molecule is COc1ccc2c(c1)nnc1[nH]c(=O)n(Cc3ccc(S(N)(=O)=O)cc3F)c12.